The smallest absolute Gasteiger partial charge is 0.327 e. The van der Waals surface area contributed by atoms with Crippen molar-refractivity contribution < 1.29 is 18.9 Å². The first-order chi connectivity index (χ1) is 10.2. The summed E-state index contributed by atoms with van der Waals surface area (Å²) in [6.07, 6.45) is -0.765. The third kappa shape index (κ3) is 3.52. The Morgan fingerprint density at radius 1 is 1.45 bits per heavy atom. The Bertz CT molecular complexity index is 582. The quantitative estimate of drug-likeness (QED) is 0.632. The molecule has 2 rings (SSSR count). The lowest BCUT2D eigenvalue weighted by atomic mass is 9.98. The first kappa shape index (κ1) is 17.0. The number of carbonyl (C=O) groups excluding carboxylic acids is 1. The molecule has 0 saturated carbocycles. The third-order valence-electron chi connectivity index (χ3n) is 3.16. The van der Waals surface area contributed by atoms with Gasteiger partial charge < -0.3 is 14.1 Å². The van der Waals surface area contributed by atoms with E-state index in [9.17, 15) is 9.35 Å². The van der Waals surface area contributed by atoms with E-state index in [1.165, 1.54) is 6.92 Å². The van der Waals surface area contributed by atoms with Gasteiger partial charge in [-0.25, -0.2) is 0 Å². The molecule has 1 aliphatic rings. The van der Waals surface area contributed by atoms with Crippen LogP contribution >= 0.6 is 0 Å². The van der Waals surface area contributed by atoms with E-state index in [2.05, 4.69) is 6.58 Å². The van der Waals surface area contributed by atoms with E-state index in [1.54, 1.807) is 20.8 Å². The summed E-state index contributed by atoms with van der Waals surface area (Å²) in [7, 11) is 0. The molecule has 0 amide bonds. The largest absolute Gasteiger partial charge is 0.595 e. The van der Waals surface area contributed by atoms with Crippen molar-refractivity contribution in [3.05, 3.63) is 42.0 Å². The molecular weight excluding hydrogens is 302 g/mol. The molecule has 1 aromatic carbocycles. The van der Waals surface area contributed by atoms with Crippen LogP contribution in [0.2, 0.25) is 0 Å². The molecule has 120 valence electrons. The second-order valence-electron chi connectivity index (χ2n) is 6.08. The van der Waals surface area contributed by atoms with Gasteiger partial charge in [0.2, 0.25) is 6.23 Å². The fourth-order valence-electron chi connectivity index (χ4n) is 2.12. The first-order valence-corrected chi connectivity index (χ1v) is 8.11. The molecule has 2 atom stereocenters. The van der Waals surface area contributed by atoms with Gasteiger partial charge in [0.05, 0.1) is 22.4 Å². The molecule has 22 heavy (non-hydrogen) atoms. The minimum Gasteiger partial charge on any atom is -0.595 e. The van der Waals surface area contributed by atoms with Gasteiger partial charge in [0.1, 0.15) is 4.75 Å². The molecule has 0 unspecified atom stereocenters. The van der Waals surface area contributed by atoms with Gasteiger partial charge >= 0.3 is 5.97 Å². The molecule has 0 fully saturated rings. The summed E-state index contributed by atoms with van der Waals surface area (Å²) in [6, 6.07) is 7.71. The van der Waals surface area contributed by atoms with Crippen LogP contribution in [0, 0.1) is 0 Å². The molecule has 1 aliphatic heterocycles. The van der Waals surface area contributed by atoms with E-state index in [0.717, 1.165) is 15.6 Å². The van der Waals surface area contributed by atoms with Gasteiger partial charge in [-0.2, -0.15) is 0 Å². The number of hydrogen-bond donors (Lipinski definition) is 0. The molecule has 5 nitrogen and oxygen atoms in total. The molecule has 0 radical (unpaired) electrons. The molecule has 0 saturated heterocycles. The summed E-state index contributed by atoms with van der Waals surface area (Å²) in [5.74, 6) is -0.548. The Morgan fingerprint density at radius 2 is 2.09 bits per heavy atom. The molecule has 0 aromatic heterocycles. The van der Waals surface area contributed by atoms with Crippen molar-refractivity contribution >= 4 is 22.9 Å². The van der Waals surface area contributed by atoms with Gasteiger partial charge in [-0.1, -0.05) is 30.8 Å². The van der Waals surface area contributed by atoms with Crippen LogP contribution in [0.4, 0.5) is 0 Å². The number of hydrogen-bond acceptors (Lipinski definition) is 5. The van der Waals surface area contributed by atoms with Gasteiger partial charge in [0.15, 0.2) is 0 Å². The zero-order valence-corrected chi connectivity index (χ0v) is 14.1. The standard InChI is InChI=1S/C16H21NO4S/c1-11-14-9-7-6-8-13(14)10-20-15(11)17(21-12(2)18)22(19)16(3,4)5/h6-9,15H,1,10H2,2-5H3/t15-,22+/m0/s1. The van der Waals surface area contributed by atoms with E-state index in [1.807, 2.05) is 24.3 Å². The number of carbonyl (C=O) groups is 1. The van der Waals surface area contributed by atoms with Crippen LogP contribution in [0.25, 0.3) is 5.57 Å². The molecule has 1 aromatic rings. The zero-order chi connectivity index (χ0) is 16.5. The Kier molecular flexibility index (Phi) is 4.97. The number of hydroxylamine groups is 1. The van der Waals surface area contributed by atoms with E-state index in [0.29, 0.717) is 12.2 Å². The van der Waals surface area contributed by atoms with Crippen molar-refractivity contribution in [2.75, 3.05) is 0 Å². The number of rotatable bonds is 3. The molecule has 0 spiro atoms. The number of ether oxygens (including phenoxy) is 1. The summed E-state index contributed by atoms with van der Waals surface area (Å²) in [6.45, 7) is 11.1. The van der Waals surface area contributed by atoms with Crippen LogP contribution < -0.4 is 0 Å². The molecular formula is C16H21NO4S. The summed E-state index contributed by atoms with van der Waals surface area (Å²) in [5, 5.41) is 0. The van der Waals surface area contributed by atoms with Crippen LogP contribution in [-0.4, -0.2) is 26.0 Å². The lowest BCUT2D eigenvalue weighted by molar-refractivity contribution is -0.193. The molecule has 1 heterocycles. The Morgan fingerprint density at radius 3 is 2.68 bits per heavy atom. The molecule has 0 bridgehead atoms. The van der Waals surface area contributed by atoms with Crippen LogP contribution in [0.5, 0.6) is 0 Å². The van der Waals surface area contributed by atoms with Crippen molar-refractivity contribution in [3.8, 4) is 0 Å². The van der Waals surface area contributed by atoms with Crippen LogP contribution in [0.1, 0.15) is 38.8 Å². The average Bonchev–Trinajstić information content (AvgIpc) is 2.44. The highest BCUT2D eigenvalue weighted by molar-refractivity contribution is 7.90. The second-order valence-corrected chi connectivity index (χ2v) is 8.16. The maximum absolute atomic E-state index is 12.7. The summed E-state index contributed by atoms with van der Waals surface area (Å²) in [4.78, 5) is 16.6. The van der Waals surface area contributed by atoms with Crippen molar-refractivity contribution in [2.45, 2.75) is 45.3 Å². The summed E-state index contributed by atoms with van der Waals surface area (Å²) in [5.41, 5.74) is 2.57. The molecule has 0 N–H and O–H groups in total. The topological polar surface area (TPSA) is 61.8 Å². The van der Waals surface area contributed by atoms with Gasteiger partial charge in [0, 0.05) is 12.5 Å². The average molecular weight is 323 g/mol. The maximum atomic E-state index is 12.7. The monoisotopic (exact) mass is 323 g/mol. The minimum absolute atomic E-state index is 0.346. The Balaban J connectivity index is 2.33. The fraction of sp³-hybridized carbons (Fsp3) is 0.438. The van der Waals surface area contributed by atoms with Crippen molar-refractivity contribution in [3.63, 3.8) is 0 Å². The van der Waals surface area contributed by atoms with Crippen molar-refractivity contribution in [2.24, 2.45) is 0 Å². The number of benzene rings is 1. The highest BCUT2D eigenvalue weighted by atomic mass is 32.2. The maximum Gasteiger partial charge on any atom is 0.327 e. The Labute approximate surface area is 134 Å². The van der Waals surface area contributed by atoms with Crippen molar-refractivity contribution in [1.29, 1.82) is 0 Å². The van der Waals surface area contributed by atoms with E-state index in [-0.39, 0.29) is 0 Å². The third-order valence-corrected chi connectivity index (χ3v) is 4.80. The van der Waals surface area contributed by atoms with Gasteiger partial charge in [0.25, 0.3) is 0 Å². The highest BCUT2D eigenvalue weighted by Crippen LogP contribution is 2.34. The summed E-state index contributed by atoms with van der Waals surface area (Å²) >= 11 is -1.59. The fourth-order valence-corrected chi connectivity index (χ4v) is 3.19. The molecule has 6 heteroatoms. The highest BCUT2D eigenvalue weighted by Gasteiger charge is 2.44. The first-order valence-electron chi connectivity index (χ1n) is 7.00. The van der Waals surface area contributed by atoms with Crippen LogP contribution in [0.15, 0.2) is 30.8 Å². The number of nitrogens with zero attached hydrogens (tertiary/aromatic N) is 1. The lowest BCUT2D eigenvalue weighted by Crippen LogP contribution is -2.50. The lowest BCUT2D eigenvalue weighted by Gasteiger charge is -2.37. The van der Waals surface area contributed by atoms with E-state index >= 15 is 0 Å². The predicted octanol–water partition coefficient (Wildman–Crippen LogP) is 2.80. The Hall–Kier alpha value is -1.34. The second kappa shape index (κ2) is 6.42. The predicted molar refractivity (Wildman–Crippen MR) is 85.6 cm³/mol. The zero-order valence-electron chi connectivity index (χ0n) is 13.3. The van der Waals surface area contributed by atoms with Gasteiger partial charge in [-0.15, -0.1) is 0 Å². The van der Waals surface area contributed by atoms with Crippen molar-refractivity contribution in [1.82, 2.24) is 4.47 Å². The number of fused-ring (bicyclic) bond motifs is 1. The van der Waals surface area contributed by atoms with Gasteiger partial charge in [-0.05, 0) is 31.9 Å². The normalized spacial score (nSPS) is 19.7. The van der Waals surface area contributed by atoms with Crippen LogP contribution in [-0.2, 0) is 32.3 Å². The summed E-state index contributed by atoms with van der Waals surface area (Å²) < 4.78 is 19.0. The SMILES string of the molecule is C=C1c2ccccc2CO[C@@H]1N(OC(C)=O)[S@+]([O-])C(C)(C)C. The molecule has 0 aliphatic carbocycles. The van der Waals surface area contributed by atoms with Gasteiger partial charge in [-0.3, -0.25) is 4.79 Å². The van der Waals surface area contributed by atoms with E-state index in [4.69, 9.17) is 9.57 Å². The van der Waals surface area contributed by atoms with Crippen LogP contribution in [0.3, 0.4) is 0 Å². The van der Waals surface area contributed by atoms with E-state index < -0.39 is 28.3 Å². The minimum atomic E-state index is -1.59.